The molecule has 2 rings (SSSR count). The average Bonchev–Trinajstić information content (AvgIpc) is 2.84. The molecule has 10 heteroatoms. The molecule has 3 N–H and O–H groups in total. The Bertz CT molecular complexity index is 699. The lowest BCUT2D eigenvalue weighted by Crippen LogP contribution is -2.19. The summed E-state index contributed by atoms with van der Waals surface area (Å²) in [6.45, 7) is 0. The third kappa shape index (κ3) is 4.04. The fourth-order valence-electron chi connectivity index (χ4n) is 1.45. The second-order valence-electron chi connectivity index (χ2n) is 3.82. The van der Waals surface area contributed by atoms with Gasteiger partial charge in [-0.3, -0.25) is 14.9 Å². The number of rotatable bonds is 5. The maximum atomic E-state index is 11.6. The van der Waals surface area contributed by atoms with Crippen LogP contribution in [-0.4, -0.2) is 27.2 Å². The smallest absolute Gasteiger partial charge is 0.278 e. The van der Waals surface area contributed by atoms with Gasteiger partial charge in [-0.15, -0.1) is 10.2 Å². The predicted octanol–water partition coefficient (Wildman–Crippen LogP) is 0.721. The number of nitro benzene ring substituents is 1. The van der Waals surface area contributed by atoms with Crippen LogP contribution in [0.1, 0.15) is 10.6 Å². The molecule has 9 nitrogen and oxygen atoms in total. The summed E-state index contributed by atoms with van der Waals surface area (Å²) >= 11 is 1.11. The molecule has 0 aliphatic carbocycles. The van der Waals surface area contributed by atoms with Crippen LogP contribution in [0.4, 0.5) is 10.8 Å². The zero-order valence-corrected chi connectivity index (χ0v) is 11.4. The Hall–Kier alpha value is -2.88. The number of nitrogen functional groups attached to an aromatic ring is 1. The largest absolute Gasteiger partial charge is 0.374 e. The quantitative estimate of drug-likeness (QED) is 0.474. The van der Waals surface area contributed by atoms with E-state index in [1.807, 2.05) is 0 Å². The Morgan fingerprint density at radius 3 is 2.90 bits per heavy atom. The van der Waals surface area contributed by atoms with Crippen molar-refractivity contribution in [1.29, 1.82) is 0 Å². The first-order chi connectivity index (χ1) is 10.1. The second kappa shape index (κ2) is 6.52. The molecule has 0 atom stereocenters. The van der Waals surface area contributed by atoms with E-state index in [-0.39, 0.29) is 17.2 Å². The van der Waals surface area contributed by atoms with Crippen molar-refractivity contribution in [2.24, 2.45) is 5.10 Å². The van der Waals surface area contributed by atoms with Gasteiger partial charge in [-0.05, 0) is 6.07 Å². The van der Waals surface area contributed by atoms with Crippen molar-refractivity contribution in [1.82, 2.24) is 15.6 Å². The zero-order chi connectivity index (χ0) is 15.2. The Balaban J connectivity index is 1.96. The van der Waals surface area contributed by atoms with Crippen molar-refractivity contribution in [2.75, 3.05) is 5.73 Å². The van der Waals surface area contributed by atoms with Crippen LogP contribution in [0.15, 0.2) is 29.4 Å². The van der Waals surface area contributed by atoms with Crippen LogP contribution in [-0.2, 0) is 11.2 Å². The number of nitrogens with zero attached hydrogens (tertiary/aromatic N) is 4. The summed E-state index contributed by atoms with van der Waals surface area (Å²) in [6.07, 6.45) is 1.20. The number of benzene rings is 1. The van der Waals surface area contributed by atoms with Gasteiger partial charge in [0.2, 0.25) is 11.0 Å². The topological polar surface area (TPSA) is 136 Å². The summed E-state index contributed by atoms with van der Waals surface area (Å²) in [6, 6.07) is 6.07. The van der Waals surface area contributed by atoms with E-state index in [9.17, 15) is 14.9 Å². The van der Waals surface area contributed by atoms with Gasteiger partial charge >= 0.3 is 0 Å². The molecule has 0 unspecified atom stereocenters. The summed E-state index contributed by atoms with van der Waals surface area (Å²) in [5, 5.41) is 22.5. The van der Waals surface area contributed by atoms with E-state index in [4.69, 9.17) is 5.73 Å². The molecule has 0 spiro atoms. The second-order valence-corrected chi connectivity index (χ2v) is 4.91. The number of carbonyl (C=O) groups excluding carboxylic acids is 1. The van der Waals surface area contributed by atoms with Crippen molar-refractivity contribution < 1.29 is 9.72 Å². The van der Waals surface area contributed by atoms with Gasteiger partial charge in [-0.2, -0.15) is 5.10 Å². The average molecular weight is 306 g/mol. The summed E-state index contributed by atoms with van der Waals surface area (Å²) in [7, 11) is 0. The lowest BCUT2D eigenvalue weighted by Gasteiger charge is -1.97. The van der Waals surface area contributed by atoms with Gasteiger partial charge in [-0.25, -0.2) is 5.43 Å². The summed E-state index contributed by atoms with van der Waals surface area (Å²) in [5.41, 5.74) is 7.86. The molecule has 0 saturated carbocycles. The van der Waals surface area contributed by atoms with Crippen molar-refractivity contribution >= 4 is 34.3 Å². The van der Waals surface area contributed by atoms with E-state index in [0.717, 1.165) is 11.3 Å². The summed E-state index contributed by atoms with van der Waals surface area (Å²) < 4.78 is 0. The molecule has 0 saturated heterocycles. The predicted molar refractivity (Wildman–Crippen MR) is 76.9 cm³/mol. The molecule has 0 radical (unpaired) electrons. The van der Waals surface area contributed by atoms with E-state index in [0.29, 0.717) is 10.6 Å². The maximum absolute atomic E-state index is 11.6. The number of hydrogen-bond donors (Lipinski definition) is 2. The number of nitrogens with one attached hydrogen (secondary N) is 1. The lowest BCUT2D eigenvalue weighted by atomic mass is 10.2. The molecule has 2 aromatic rings. The lowest BCUT2D eigenvalue weighted by molar-refractivity contribution is -0.385. The molecule has 1 aromatic carbocycles. The van der Waals surface area contributed by atoms with Gasteiger partial charge < -0.3 is 5.73 Å². The van der Waals surface area contributed by atoms with Crippen LogP contribution in [0.25, 0.3) is 0 Å². The van der Waals surface area contributed by atoms with Crippen LogP contribution in [0.2, 0.25) is 0 Å². The first kappa shape index (κ1) is 14.5. The van der Waals surface area contributed by atoms with Crippen LogP contribution in [0, 0.1) is 10.1 Å². The van der Waals surface area contributed by atoms with Crippen molar-refractivity contribution in [3.05, 3.63) is 45.0 Å². The minimum Gasteiger partial charge on any atom is -0.374 e. The first-order valence-electron chi connectivity index (χ1n) is 5.69. The van der Waals surface area contributed by atoms with E-state index in [2.05, 4.69) is 20.7 Å². The van der Waals surface area contributed by atoms with Crippen LogP contribution < -0.4 is 11.2 Å². The van der Waals surface area contributed by atoms with E-state index >= 15 is 0 Å². The number of nitrogens with two attached hydrogens (primary N) is 1. The summed E-state index contributed by atoms with van der Waals surface area (Å²) in [5.74, 6) is -0.416. The highest BCUT2D eigenvalue weighted by Crippen LogP contribution is 2.15. The van der Waals surface area contributed by atoms with Crippen molar-refractivity contribution in [3.63, 3.8) is 0 Å². The molecule has 0 bridgehead atoms. The fraction of sp³-hybridized carbons (Fsp3) is 0.0909. The molecular weight excluding hydrogens is 296 g/mol. The third-order valence-electron chi connectivity index (χ3n) is 2.32. The minimum absolute atomic E-state index is 0.0108. The number of carbonyl (C=O) groups is 1. The fourth-order valence-corrected chi connectivity index (χ4v) is 2.06. The molecule has 0 aliphatic heterocycles. The highest BCUT2D eigenvalue weighted by atomic mass is 32.1. The molecule has 21 heavy (non-hydrogen) atoms. The molecule has 1 aromatic heterocycles. The molecule has 108 valence electrons. The normalized spacial score (nSPS) is 10.7. The number of hydrogen-bond acceptors (Lipinski definition) is 8. The number of hydrazone groups is 1. The Morgan fingerprint density at radius 2 is 2.24 bits per heavy atom. The zero-order valence-electron chi connectivity index (χ0n) is 10.6. The number of para-hydroxylation sites is 1. The monoisotopic (exact) mass is 306 g/mol. The van der Waals surface area contributed by atoms with Gasteiger partial charge in [0.05, 0.1) is 23.1 Å². The van der Waals surface area contributed by atoms with Crippen LogP contribution >= 0.6 is 11.3 Å². The van der Waals surface area contributed by atoms with Crippen molar-refractivity contribution in [2.45, 2.75) is 6.42 Å². The number of aromatic nitrogens is 2. The molecule has 0 fully saturated rings. The highest BCUT2D eigenvalue weighted by Gasteiger charge is 2.10. The number of nitro groups is 1. The Labute approximate surface area is 122 Å². The molecule has 0 aliphatic rings. The maximum Gasteiger partial charge on any atom is 0.278 e. The van der Waals surface area contributed by atoms with Crippen molar-refractivity contribution in [3.8, 4) is 0 Å². The minimum atomic E-state index is -0.521. The van der Waals surface area contributed by atoms with Gasteiger partial charge in [0, 0.05) is 6.07 Å². The van der Waals surface area contributed by atoms with Gasteiger partial charge in [0.25, 0.3) is 5.69 Å². The standard InChI is InChI=1S/C11H10N6O3S/c12-11-16-15-10(21-11)5-9(18)14-13-6-7-3-1-2-4-8(7)17(19)20/h1-4,6H,5H2,(H2,12,16)(H,14,18). The van der Waals surface area contributed by atoms with Gasteiger partial charge in [0.15, 0.2) is 0 Å². The molecule has 1 amide bonds. The van der Waals surface area contributed by atoms with Gasteiger partial charge in [0.1, 0.15) is 5.01 Å². The first-order valence-corrected chi connectivity index (χ1v) is 6.51. The number of amides is 1. The van der Waals surface area contributed by atoms with Crippen LogP contribution in [0.5, 0.6) is 0 Å². The number of anilines is 1. The summed E-state index contributed by atoms with van der Waals surface area (Å²) in [4.78, 5) is 21.8. The Kier molecular flexibility index (Phi) is 4.51. The van der Waals surface area contributed by atoms with E-state index in [1.54, 1.807) is 12.1 Å². The Morgan fingerprint density at radius 1 is 1.48 bits per heavy atom. The van der Waals surface area contributed by atoms with E-state index in [1.165, 1.54) is 18.3 Å². The van der Waals surface area contributed by atoms with Gasteiger partial charge in [-0.1, -0.05) is 23.5 Å². The molecule has 1 heterocycles. The highest BCUT2D eigenvalue weighted by molar-refractivity contribution is 7.15. The SMILES string of the molecule is Nc1nnc(CC(=O)NN=Cc2ccccc2[N+](=O)[O-])s1. The molecular formula is C11H10N6O3S. The third-order valence-corrected chi connectivity index (χ3v) is 3.07. The van der Waals surface area contributed by atoms with Crippen LogP contribution in [0.3, 0.4) is 0 Å². The van der Waals surface area contributed by atoms with E-state index < -0.39 is 10.8 Å².